The maximum Gasteiger partial charge on any atom is 0.134 e. The molecule has 3 rings (SSSR count). The van der Waals surface area contributed by atoms with Crippen molar-refractivity contribution in [2.75, 3.05) is 13.6 Å². The molecule has 4 heteroatoms. The average molecular weight is 269 g/mol. The topological polar surface area (TPSA) is 43.0 Å². The molecule has 104 valence electrons. The van der Waals surface area contributed by atoms with E-state index < -0.39 is 0 Å². The molecule has 3 aromatic rings. The lowest BCUT2D eigenvalue weighted by Crippen LogP contribution is -2.13. The molecular formula is C16H19N3O. The molecule has 2 aromatic heterocycles. The lowest BCUT2D eigenvalue weighted by molar-refractivity contribution is 0.616. The standard InChI is InChI=1S/C16H19N3O/c1-11-14(8-9-17-2)19(3)18-16(11)13-10-20-15-7-5-4-6-12(13)15/h4-7,10,17H,8-9H2,1-3H3. The number of nitrogens with one attached hydrogen (secondary N) is 1. The van der Waals surface area contributed by atoms with Crippen LogP contribution in [0, 0.1) is 6.92 Å². The van der Waals surface area contributed by atoms with Gasteiger partial charge in [-0.25, -0.2) is 0 Å². The van der Waals surface area contributed by atoms with Gasteiger partial charge in [-0.15, -0.1) is 0 Å². The highest BCUT2D eigenvalue weighted by Gasteiger charge is 2.17. The van der Waals surface area contributed by atoms with Gasteiger partial charge in [0.15, 0.2) is 0 Å². The van der Waals surface area contributed by atoms with Gasteiger partial charge in [-0.05, 0) is 25.6 Å². The van der Waals surface area contributed by atoms with Gasteiger partial charge in [-0.1, -0.05) is 18.2 Å². The Labute approximate surface area is 118 Å². The molecule has 1 N–H and O–H groups in total. The van der Waals surface area contributed by atoms with Crippen LogP contribution in [0.2, 0.25) is 0 Å². The molecule has 4 nitrogen and oxygen atoms in total. The molecule has 0 aliphatic carbocycles. The summed E-state index contributed by atoms with van der Waals surface area (Å²) in [7, 11) is 3.97. The van der Waals surface area contributed by atoms with Crippen molar-refractivity contribution in [3.63, 3.8) is 0 Å². The fraction of sp³-hybridized carbons (Fsp3) is 0.312. The SMILES string of the molecule is CNCCc1c(C)c(-c2coc3ccccc23)nn1C. The van der Waals surface area contributed by atoms with Gasteiger partial charge < -0.3 is 9.73 Å². The van der Waals surface area contributed by atoms with E-state index in [1.165, 1.54) is 11.3 Å². The van der Waals surface area contributed by atoms with E-state index in [0.717, 1.165) is 35.2 Å². The van der Waals surface area contributed by atoms with Crippen molar-refractivity contribution in [2.45, 2.75) is 13.3 Å². The van der Waals surface area contributed by atoms with Crippen molar-refractivity contribution in [3.8, 4) is 11.3 Å². The first-order valence-corrected chi connectivity index (χ1v) is 6.86. The van der Waals surface area contributed by atoms with Crippen molar-refractivity contribution in [3.05, 3.63) is 41.8 Å². The second kappa shape index (κ2) is 5.13. The molecule has 0 aliphatic rings. The van der Waals surface area contributed by atoms with Gasteiger partial charge in [0.1, 0.15) is 11.8 Å². The Bertz CT molecular complexity index is 739. The molecule has 0 radical (unpaired) electrons. The van der Waals surface area contributed by atoms with Crippen LogP contribution < -0.4 is 5.32 Å². The molecule has 0 aliphatic heterocycles. The Kier molecular flexibility index (Phi) is 3.32. The summed E-state index contributed by atoms with van der Waals surface area (Å²) in [6.45, 7) is 3.08. The van der Waals surface area contributed by atoms with E-state index in [0.29, 0.717) is 0 Å². The fourth-order valence-corrected chi connectivity index (χ4v) is 2.67. The smallest absolute Gasteiger partial charge is 0.134 e. The summed E-state index contributed by atoms with van der Waals surface area (Å²) in [6, 6.07) is 8.08. The minimum atomic E-state index is 0.907. The summed E-state index contributed by atoms with van der Waals surface area (Å²) in [5, 5.41) is 8.99. The van der Waals surface area contributed by atoms with Gasteiger partial charge >= 0.3 is 0 Å². The van der Waals surface area contributed by atoms with E-state index in [4.69, 9.17) is 4.42 Å². The van der Waals surface area contributed by atoms with Crippen LogP contribution in [-0.4, -0.2) is 23.4 Å². The number of aryl methyl sites for hydroxylation is 1. The molecule has 0 saturated carbocycles. The molecule has 0 amide bonds. The molecule has 1 aromatic carbocycles. The van der Waals surface area contributed by atoms with Crippen molar-refractivity contribution in [1.82, 2.24) is 15.1 Å². The second-order valence-electron chi connectivity index (χ2n) is 5.04. The summed E-state index contributed by atoms with van der Waals surface area (Å²) in [6.07, 6.45) is 2.78. The summed E-state index contributed by atoms with van der Waals surface area (Å²) < 4.78 is 7.60. The Morgan fingerprint density at radius 3 is 2.90 bits per heavy atom. The van der Waals surface area contributed by atoms with Crippen molar-refractivity contribution in [2.24, 2.45) is 7.05 Å². The van der Waals surface area contributed by atoms with Crippen molar-refractivity contribution >= 4 is 11.0 Å². The van der Waals surface area contributed by atoms with Crippen LogP contribution in [0.1, 0.15) is 11.3 Å². The number of para-hydroxylation sites is 1. The van der Waals surface area contributed by atoms with Crippen LogP contribution in [0.15, 0.2) is 34.9 Å². The third kappa shape index (κ3) is 2.02. The normalized spacial score (nSPS) is 11.3. The fourth-order valence-electron chi connectivity index (χ4n) is 2.67. The number of aromatic nitrogens is 2. The average Bonchev–Trinajstić information content (AvgIpc) is 2.99. The van der Waals surface area contributed by atoms with Gasteiger partial charge in [0.05, 0.1) is 5.69 Å². The number of hydrogen-bond acceptors (Lipinski definition) is 3. The lowest BCUT2D eigenvalue weighted by atomic mass is 10.0. The molecule has 0 fully saturated rings. The predicted molar refractivity (Wildman–Crippen MR) is 80.8 cm³/mol. The summed E-state index contributed by atoms with van der Waals surface area (Å²) >= 11 is 0. The first-order valence-electron chi connectivity index (χ1n) is 6.86. The number of rotatable bonds is 4. The largest absolute Gasteiger partial charge is 0.464 e. The van der Waals surface area contributed by atoms with Gasteiger partial charge in [-0.2, -0.15) is 5.10 Å². The minimum absolute atomic E-state index is 0.907. The number of furan rings is 1. The first kappa shape index (κ1) is 12.9. The number of benzene rings is 1. The second-order valence-corrected chi connectivity index (χ2v) is 5.04. The molecule has 0 unspecified atom stereocenters. The van der Waals surface area contributed by atoms with Crippen molar-refractivity contribution < 1.29 is 4.42 Å². The Hall–Kier alpha value is -2.07. The maximum absolute atomic E-state index is 5.63. The van der Waals surface area contributed by atoms with Gasteiger partial charge in [0.2, 0.25) is 0 Å². The molecule has 0 saturated heterocycles. The lowest BCUT2D eigenvalue weighted by Gasteiger charge is -2.02. The Morgan fingerprint density at radius 1 is 1.30 bits per heavy atom. The van der Waals surface area contributed by atoms with E-state index in [1.807, 2.05) is 43.2 Å². The number of likely N-dealkylation sites (N-methyl/N-ethyl adjacent to an activating group) is 1. The summed E-state index contributed by atoms with van der Waals surface area (Å²) in [5.41, 5.74) is 5.49. The van der Waals surface area contributed by atoms with E-state index in [9.17, 15) is 0 Å². The third-order valence-electron chi connectivity index (χ3n) is 3.78. The molecule has 2 heterocycles. The van der Waals surface area contributed by atoms with Crippen LogP contribution >= 0.6 is 0 Å². The van der Waals surface area contributed by atoms with Crippen LogP contribution in [0.3, 0.4) is 0 Å². The highest BCUT2D eigenvalue weighted by molar-refractivity contribution is 5.93. The highest BCUT2D eigenvalue weighted by atomic mass is 16.3. The van der Waals surface area contributed by atoms with Crippen LogP contribution in [0.5, 0.6) is 0 Å². The molecular weight excluding hydrogens is 250 g/mol. The van der Waals surface area contributed by atoms with Gasteiger partial charge in [-0.3, -0.25) is 4.68 Å². The Balaban J connectivity index is 2.10. The molecule has 0 atom stereocenters. The van der Waals surface area contributed by atoms with Gasteiger partial charge in [0.25, 0.3) is 0 Å². The molecule has 0 spiro atoms. The number of hydrogen-bond donors (Lipinski definition) is 1. The molecule has 0 bridgehead atoms. The van der Waals surface area contributed by atoms with Crippen LogP contribution in [0.25, 0.3) is 22.2 Å². The third-order valence-corrected chi connectivity index (χ3v) is 3.78. The van der Waals surface area contributed by atoms with E-state index in [-0.39, 0.29) is 0 Å². The van der Waals surface area contributed by atoms with Crippen molar-refractivity contribution in [1.29, 1.82) is 0 Å². The van der Waals surface area contributed by atoms with E-state index >= 15 is 0 Å². The van der Waals surface area contributed by atoms with Crippen LogP contribution in [-0.2, 0) is 13.5 Å². The van der Waals surface area contributed by atoms with E-state index in [1.54, 1.807) is 0 Å². The maximum atomic E-state index is 5.63. The highest BCUT2D eigenvalue weighted by Crippen LogP contribution is 2.32. The zero-order valence-electron chi connectivity index (χ0n) is 12.1. The van der Waals surface area contributed by atoms with Gasteiger partial charge in [0, 0.05) is 36.7 Å². The molecule has 20 heavy (non-hydrogen) atoms. The Morgan fingerprint density at radius 2 is 2.10 bits per heavy atom. The number of fused-ring (bicyclic) bond motifs is 1. The quantitative estimate of drug-likeness (QED) is 0.792. The zero-order chi connectivity index (χ0) is 14.1. The van der Waals surface area contributed by atoms with Crippen LogP contribution in [0.4, 0.5) is 0 Å². The monoisotopic (exact) mass is 269 g/mol. The zero-order valence-corrected chi connectivity index (χ0v) is 12.1. The summed E-state index contributed by atoms with van der Waals surface area (Å²) in [5.74, 6) is 0. The minimum Gasteiger partial charge on any atom is -0.464 e. The number of nitrogens with zero attached hydrogens (tertiary/aromatic N) is 2. The first-order chi connectivity index (χ1) is 9.72. The van der Waals surface area contributed by atoms with E-state index in [2.05, 4.69) is 23.4 Å². The summed E-state index contributed by atoms with van der Waals surface area (Å²) in [4.78, 5) is 0. The predicted octanol–water partition coefficient (Wildman–Crippen LogP) is 2.90.